The highest BCUT2D eigenvalue weighted by atomic mass is 16.5. The lowest BCUT2D eigenvalue weighted by atomic mass is 9.90. The summed E-state index contributed by atoms with van der Waals surface area (Å²) in [6.45, 7) is 5.84. The van der Waals surface area contributed by atoms with Crippen LogP contribution in [0.3, 0.4) is 0 Å². The number of hydrogen-bond acceptors (Lipinski definition) is 4. The highest BCUT2D eigenvalue weighted by molar-refractivity contribution is 5.66. The Morgan fingerprint density at radius 3 is 2.69 bits per heavy atom. The first-order chi connectivity index (χ1) is 5.92. The Hall–Kier alpha value is -0.610. The molecule has 1 fully saturated rings. The van der Waals surface area contributed by atoms with Gasteiger partial charge in [0.25, 0.3) is 0 Å². The fraction of sp³-hybridized carbons (Fsp3) is 0.889. The molecule has 0 bridgehead atoms. The first kappa shape index (κ1) is 10.5. The quantitative estimate of drug-likeness (QED) is 0.626. The van der Waals surface area contributed by atoms with Crippen LogP contribution >= 0.6 is 0 Å². The van der Waals surface area contributed by atoms with Crippen LogP contribution in [0.25, 0.3) is 0 Å². The molecular formula is C9H17NO3. The van der Waals surface area contributed by atoms with Crippen molar-refractivity contribution in [2.45, 2.75) is 45.3 Å². The molecule has 1 atom stereocenters. The number of rotatable bonds is 1. The SMILES string of the molecule is CC(=O)OC1CCN(O)C(C)(C)C1. The maximum absolute atomic E-state index is 10.7. The van der Waals surface area contributed by atoms with Crippen LogP contribution in [0.1, 0.15) is 33.6 Å². The third-order valence-corrected chi connectivity index (χ3v) is 2.42. The smallest absolute Gasteiger partial charge is 0.302 e. The van der Waals surface area contributed by atoms with Crippen molar-refractivity contribution in [1.29, 1.82) is 0 Å². The van der Waals surface area contributed by atoms with E-state index < -0.39 is 0 Å². The zero-order valence-corrected chi connectivity index (χ0v) is 8.41. The molecule has 0 aromatic carbocycles. The fourth-order valence-electron chi connectivity index (χ4n) is 1.67. The van der Waals surface area contributed by atoms with E-state index in [1.165, 1.54) is 12.0 Å². The molecule has 1 unspecified atom stereocenters. The minimum atomic E-state index is -0.293. The second kappa shape index (κ2) is 3.64. The Morgan fingerprint density at radius 2 is 2.23 bits per heavy atom. The maximum Gasteiger partial charge on any atom is 0.302 e. The van der Waals surface area contributed by atoms with Gasteiger partial charge < -0.3 is 9.94 Å². The van der Waals surface area contributed by atoms with Crippen LogP contribution in [-0.4, -0.2) is 34.4 Å². The highest BCUT2D eigenvalue weighted by Crippen LogP contribution is 2.27. The highest BCUT2D eigenvalue weighted by Gasteiger charge is 2.35. The van der Waals surface area contributed by atoms with Gasteiger partial charge in [-0.05, 0) is 20.3 Å². The van der Waals surface area contributed by atoms with Gasteiger partial charge in [-0.25, -0.2) is 0 Å². The molecule has 1 heterocycles. The zero-order valence-electron chi connectivity index (χ0n) is 8.41. The summed E-state index contributed by atoms with van der Waals surface area (Å²) in [6.07, 6.45) is 1.35. The van der Waals surface area contributed by atoms with E-state index in [2.05, 4.69) is 0 Å². The predicted octanol–water partition coefficient (Wildman–Crippen LogP) is 1.18. The van der Waals surface area contributed by atoms with Crippen LogP contribution < -0.4 is 0 Å². The molecule has 0 aromatic heterocycles. The lowest BCUT2D eigenvalue weighted by Crippen LogP contribution is -2.50. The monoisotopic (exact) mass is 187 g/mol. The zero-order chi connectivity index (χ0) is 10.1. The fourth-order valence-corrected chi connectivity index (χ4v) is 1.67. The number of piperidine rings is 1. The Kier molecular flexibility index (Phi) is 2.93. The molecule has 1 aliphatic rings. The van der Waals surface area contributed by atoms with Gasteiger partial charge in [0.2, 0.25) is 0 Å². The van der Waals surface area contributed by atoms with Gasteiger partial charge in [-0.2, -0.15) is 5.06 Å². The van der Waals surface area contributed by atoms with Crippen molar-refractivity contribution < 1.29 is 14.7 Å². The molecule has 0 aromatic rings. The Morgan fingerprint density at radius 1 is 1.62 bits per heavy atom. The van der Waals surface area contributed by atoms with Crippen LogP contribution in [0.5, 0.6) is 0 Å². The largest absolute Gasteiger partial charge is 0.462 e. The van der Waals surface area contributed by atoms with Crippen LogP contribution in [0.15, 0.2) is 0 Å². The first-order valence-corrected chi connectivity index (χ1v) is 4.55. The van der Waals surface area contributed by atoms with Crippen LogP contribution in [0, 0.1) is 0 Å². The number of hydroxylamine groups is 2. The van der Waals surface area contributed by atoms with Gasteiger partial charge in [0, 0.05) is 25.4 Å². The molecule has 1 N–H and O–H groups in total. The molecule has 4 nitrogen and oxygen atoms in total. The predicted molar refractivity (Wildman–Crippen MR) is 47.4 cm³/mol. The summed E-state index contributed by atoms with van der Waals surface area (Å²) in [4.78, 5) is 10.7. The molecule has 1 saturated heterocycles. The third-order valence-electron chi connectivity index (χ3n) is 2.42. The number of nitrogens with zero attached hydrogens (tertiary/aromatic N) is 1. The molecule has 0 radical (unpaired) electrons. The van der Waals surface area contributed by atoms with E-state index in [0.717, 1.165) is 0 Å². The molecule has 1 rings (SSSR count). The minimum absolute atomic E-state index is 0.0455. The Labute approximate surface area is 78.4 Å². The maximum atomic E-state index is 10.7. The molecule has 0 aliphatic carbocycles. The normalized spacial score (nSPS) is 28.5. The molecule has 1 aliphatic heterocycles. The lowest BCUT2D eigenvalue weighted by molar-refractivity contribution is -0.201. The van der Waals surface area contributed by atoms with E-state index in [4.69, 9.17) is 4.74 Å². The van der Waals surface area contributed by atoms with Crippen molar-refractivity contribution in [2.24, 2.45) is 0 Å². The molecule has 0 saturated carbocycles. The van der Waals surface area contributed by atoms with Crippen molar-refractivity contribution in [2.75, 3.05) is 6.54 Å². The van der Waals surface area contributed by atoms with Crippen molar-refractivity contribution in [3.8, 4) is 0 Å². The minimum Gasteiger partial charge on any atom is -0.462 e. The Bertz CT molecular complexity index is 203. The molecular weight excluding hydrogens is 170 g/mol. The van der Waals surface area contributed by atoms with Crippen molar-refractivity contribution >= 4 is 5.97 Å². The van der Waals surface area contributed by atoms with Gasteiger partial charge in [0.1, 0.15) is 6.10 Å². The van der Waals surface area contributed by atoms with Crippen LogP contribution in [0.2, 0.25) is 0 Å². The van der Waals surface area contributed by atoms with E-state index in [1.54, 1.807) is 0 Å². The second-order valence-electron chi connectivity index (χ2n) is 4.16. The lowest BCUT2D eigenvalue weighted by Gasteiger charge is -2.40. The molecule has 0 spiro atoms. The Balaban J connectivity index is 2.50. The first-order valence-electron chi connectivity index (χ1n) is 4.55. The third kappa shape index (κ3) is 2.67. The summed E-state index contributed by atoms with van der Waals surface area (Å²) < 4.78 is 5.10. The summed E-state index contributed by atoms with van der Waals surface area (Å²) in [5.41, 5.74) is -0.293. The second-order valence-corrected chi connectivity index (χ2v) is 4.16. The molecule has 4 heteroatoms. The topological polar surface area (TPSA) is 49.8 Å². The van der Waals surface area contributed by atoms with E-state index in [9.17, 15) is 10.0 Å². The summed E-state index contributed by atoms with van der Waals surface area (Å²) in [7, 11) is 0. The molecule has 13 heavy (non-hydrogen) atoms. The van der Waals surface area contributed by atoms with Crippen LogP contribution in [-0.2, 0) is 9.53 Å². The van der Waals surface area contributed by atoms with Gasteiger partial charge in [0.05, 0.1) is 0 Å². The number of ether oxygens (including phenoxy) is 1. The molecule has 76 valence electrons. The average molecular weight is 187 g/mol. The number of carbonyl (C=O) groups excluding carboxylic acids is 1. The average Bonchev–Trinajstić information content (AvgIpc) is 1.95. The number of hydrogen-bond donors (Lipinski definition) is 1. The summed E-state index contributed by atoms with van der Waals surface area (Å²) in [5, 5.41) is 10.8. The van der Waals surface area contributed by atoms with Gasteiger partial charge >= 0.3 is 5.97 Å². The van der Waals surface area contributed by atoms with E-state index in [0.29, 0.717) is 19.4 Å². The number of carbonyl (C=O) groups is 1. The summed E-state index contributed by atoms with van der Waals surface area (Å²) >= 11 is 0. The van der Waals surface area contributed by atoms with Crippen molar-refractivity contribution in [3.63, 3.8) is 0 Å². The van der Waals surface area contributed by atoms with Gasteiger partial charge in [0.15, 0.2) is 0 Å². The van der Waals surface area contributed by atoms with E-state index in [1.807, 2.05) is 13.8 Å². The van der Waals surface area contributed by atoms with Crippen LogP contribution in [0.4, 0.5) is 0 Å². The number of esters is 1. The van der Waals surface area contributed by atoms with Gasteiger partial charge in [-0.1, -0.05) is 0 Å². The van der Waals surface area contributed by atoms with Gasteiger partial charge in [-0.15, -0.1) is 0 Å². The van der Waals surface area contributed by atoms with Gasteiger partial charge in [-0.3, -0.25) is 4.79 Å². The van der Waals surface area contributed by atoms with Crippen molar-refractivity contribution in [3.05, 3.63) is 0 Å². The van der Waals surface area contributed by atoms with E-state index in [-0.39, 0.29) is 17.6 Å². The standard InChI is InChI=1S/C9H17NO3/c1-7(11)13-8-4-5-10(12)9(2,3)6-8/h8,12H,4-6H2,1-3H3. The summed E-state index contributed by atoms with van der Waals surface area (Å²) in [5.74, 6) is -0.243. The molecule has 0 amide bonds. The summed E-state index contributed by atoms with van der Waals surface area (Å²) in [6, 6.07) is 0. The van der Waals surface area contributed by atoms with E-state index >= 15 is 0 Å². The van der Waals surface area contributed by atoms with Crippen molar-refractivity contribution in [1.82, 2.24) is 5.06 Å².